The molecule has 6 heteroatoms. The summed E-state index contributed by atoms with van der Waals surface area (Å²) in [7, 11) is 2.17. The van der Waals surface area contributed by atoms with Crippen LogP contribution < -0.4 is 0 Å². The van der Waals surface area contributed by atoms with E-state index in [-0.39, 0.29) is 84.9 Å². The molecule has 1 rings (SSSR count). The Hall–Kier alpha value is 2.36. The maximum atomic E-state index is 2.36. The van der Waals surface area contributed by atoms with Crippen molar-refractivity contribution in [1.82, 2.24) is 4.90 Å². The molecule has 0 radical (unpaired) electrons. The van der Waals surface area contributed by atoms with E-state index >= 15 is 0 Å². The lowest BCUT2D eigenvalue weighted by molar-refractivity contribution is 0.418. The molecule has 0 spiro atoms. The van der Waals surface area contributed by atoms with Gasteiger partial charge in [-0.1, -0.05) is 0 Å². The molecule has 0 bridgehead atoms. The molecule has 1 fully saturated rings. The van der Waals surface area contributed by atoms with Crippen LogP contribution in [0.5, 0.6) is 0 Å². The molecule has 76 valence electrons. The van der Waals surface area contributed by atoms with Crippen LogP contribution >= 0.6 is 84.9 Å². The third-order valence-electron chi connectivity index (χ3n) is 1.33. The van der Waals surface area contributed by atoms with Gasteiger partial charge in [-0.05, 0) is 33.0 Å². The maximum Gasteiger partial charge on any atom is -0.00213 e. The van der Waals surface area contributed by atoms with Gasteiger partial charge in [0.05, 0.1) is 0 Å². The number of rotatable bonds is 0. The van der Waals surface area contributed by atoms with Crippen LogP contribution in [0.15, 0.2) is 0 Å². The largest absolute Gasteiger partial charge is 0.306 e. The Labute approximate surface area is 122 Å². The first-order chi connectivity index (χ1) is 2.89. The minimum Gasteiger partial charge on any atom is -0.306 e. The Bertz CT molecular complexity index is 48.1. The van der Waals surface area contributed by atoms with Crippen LogP contribution in [0.1, 0.15) is 12.8 Å². The summed E-state index contributed by atoms with van der Waals surface area (Å²) in [4.78, 5) is 2.36. The monoisotopic (exact) mass is 485 g/mol. The highest BCUT2D eigenvalue weighted by Gasteiger charge is 2.03. The van der Waals surface area contributed by atoms with Crippen molar-refractivity contribution in [2.75, 3.05) is 20.1 Å². The summed E-state index contributed by atoms with van der Waals surface area (Å²) in [6.07, 6.45) is 2.83. The van der Waals surface area contributed by atoms with E-state index in [1.54, 1.807) is 0 Å². The Morgan fingerprint density at radius 1 is 0.727 bits per heavy atom. The van der Waals surface area contributed by atoms with Crippen molar-refractivity contribution in [3.05, 3.63) is 0 Å². The lowest BCUT2D eigenvalue weighted by Gasteiger charge is -2.01. The molecule has 0 aromatic heterocycles. The Balaban J connectivity index is -0.0000000240. The van der Waals surface area contributed by atoms with E-state index in [9.17, 15) is 0 Å². The Morgan fingerprint density at radius 2 is 1.00 bits per heavy atom. The average Bonchev–Trinajstić information content (AvgIpc) is 1.86. The van der Waals surface area contributed by atoms with Crippen LogP contribution in [-0.4, -0.2) is 25.0 Å². The zero-order valence-electron chi connectivity index (χ0n) is 6.32. The zero-order chi connectivity index (χ0) is 4.41. The summed E-state index contributed by atoms with van der Waals surface area (Å²) in [5, 5.41) is 0. The number of hydrogen-bond donors (Lipinski definition) is 0. The topological polar surface area (TPSA) is 3.24 Å². The van der Waals surface area contributed by atoms with Crippen LogP contribution in [-0.2, 0) is 0 Å². The van der Waals surface area contributed by atoms with Gasteiger partial charge in [0.1, 0.15) is 0 Å². The molecule has 0 unspecified atom stereocenters. The van der Waals surface area contributed by atoms with Gasteiger partial charge in [0.25, 0.3) is 0 Å². The molecule has 1 aliphatic heterocycles. The van der Waals surface area contributed by atoms with E-state index in [1.807, 2.05) is 0 Å². The van der Waals surface area contributed by atoms with Gasteiger partial charge in [-0.15, -0.1) is 84.9 Å². The van der Waals surface area contributed by atoms with E-state index in [2.05, 4.69) is 11.9 Å². The van der Waals surface area contributed by atoms with Gasteiger partial charge in [-0.25, -0.2) is 0 Å². The van der Waals surface area contributed by atoms with Gasteiger partial charge < -0.3 is 4.90 Å². The molecule has 1 saturated heterocycles. The van der Waals surface area contributed by atoms with Crippen molar-refractivity contribution in [2.45, 2.75) is 12.8 Å². The van der Waals surface area contributed by atoms with Crippen molar-refractivity contribution >= 4 is 84.9 Å². The standard InChI is InChI=1S/C5H11N.5BrH/c1-6-4-2-3-5-6;;;;;/h2-5H2,1H3;5*1H. The lowest BCUT2D eigenvalue weighted by Crippen LogP contribution is -2.10. The molecule has 0 aromatic rings. The van der Waals surface area contributed by atoms with E-state index < -0.39 is 0 Å². The molecule has 0 atom stereocenters. The van der Waals surface area contributed by atoms with Gasteiger partial charge >= 0.3 is 0 Å². The maximum absolute atomic E-state index is 2.36. The third kappa shape index (κ3) is 15.1. The molecule has 11 heavy (non-hydrogen) atoms. The lowest BCUT2D eigenvalue weighted by atomic mass is 10.4. The fourth-order valence-electron chi connectivity index (χ4n) is 0.875. The fourth-order valence-corrected chi connectivity index (χ4v) is 0.875. The normalized spacial score (nSPS) is 13.9. The van der Waals surface area contributed by atoms with Gasteiger partial charge in [-0.3, -0.25) is 0 Å². The van der Waals surface area contributed by atoms with Crippen LogP contribution in [0.2, 0.25) is 0 Å². The van der Waals surface area contributed by atoms with E-state index in [4.69, 9.17) is 0 Å². The summed E-state index contributed by atoms with van der Waals surface area (Å²) < 4.78 is 0. The van der Waals surface area contributed by atoms with Crippen molar-refractivity contribution in [3.8, 4) is 0 Å². The van der Waals surface area contributed by atoms with Gasteiger partial charge in [0.2, 0.25) is 0 Å². The molecular weight excluding hydrogens is 474 g/mol. The first-order valence-electron chi connectivity index (χ1n) is 2.58. The molecule has 1 aliphatic rings. The predicted molar refractivity (Wildman–Crippen MR) is 78.3 cm³/mol. The SMILES string of the molecule is Br.Br.Br.Br.Br.CN1CCCC1. The van der Waals surface area contributed by atoms with E-state index in [0.29, 0.717) is 0 Å². The highest BCUT2D eigenvalue weighted by atomic mass is 79.9. The zero-order valence-corrected chi connectivity index (χ0v) is 14.9. The van der Waals surface area contributed by atoms with E-state index in [1.165, 1.54) is 25.9 Å². The molecule has 0 saturated carbocycles. The van der Waals surface area contributed by atoms with Crippen LogP contribution in [0.4, 0.5) is 0 Å². The fraction of sp³-hybridized carbons (Fsp3) is 1.00. The minimum absolute atomic E-state index is 0. The number of likely N-dealkylation sites (tertiary alicyclic amines) is 1. The molecule has 1 nitrogen and oxygen atoms in total. The van der Waals surface area contributed by atoms with Crippen molar-refractivity contribution in [3.63, 3.8) is 0 Å². The molecule has 0 aliphatic carbocycles. The van der Waals surface area contributed by atoms with Crippen molar-refractivity contribution < 1.29 is 0 Å². The first kappa shape index (κ1) is 29.2. The highest BCUT2D eigenvalue weighted by molar-refractivity contribution is 8.93. The second-order valence-electron chi connectivity index (χ2n) is 2.01. The number of halogens is 5. The van der Waals surface area contributed by atoms with E-state index in [0.717, 1.165) is 0 Å². The molecule has 1 heterocycles. The molecular formula is C5H16Br5N. The first-order valence-corrected chi connectivity index (χ1v) is 2.58. The van der Waals surface area contributed by atoms with Crippen LogP contribution in [0.3, 0.4) is 0 Å². The Kier molecular flexibility index (Phi) is 48.3. The van der Waals surface area contributed by atoms with Crippen molar-refractivity contribution in [2.24, 2.45) is 0 Å². The van der Waals surface area contributed by atoms with Gasteiger partial charge in [0.15, 0.2) is 0 Å². The third-order valence-corrected chi connectivity index (χ3v) is 1.33. The summed E-state index contributed by atoms with van der Waals surface area (Å²) in [6.45, 7) is 2.64. The Morgan fingerprint density at radius 3 is 1.09 bits per heavy atom. The van der Waals surface area contributed by atoms with Gasteiger partial charge in [0, 0.05) is 0 Å². The van der Waals surface area contributed by atoms with Gasteiger partial charge in [-0.2, -0.15) is 0 Å². The van der Waals surface area contributed by atoms with Crippen LogP contribution in [0.25, 0.3) is 0 Å². The highest BCUT2D eigenvalue weighted by Crippen LogP contribution is 2.01. The second-order valence-corrected chi connectivity index (χ2v) is 2.01. The van der Waals surface area contributed by atoms with Crippen molar-refractivity contribution in [1.29, 1.82) is 0 Å². The number of hydrogen-bond acceptors (Lipinski definition) is 1. The smallest absolute Gasteiger partial charge is 0.00213 e. The minimum atomic E-state index is 0. The summed E-state index contributed by atoms with van der Waals surface area (Å²) in [6, 6.07) is 0. The second kappa shape index (κ2) is 18.2. The summed E-state index contributed by atoms with van der Waals surface area (Å²) in [5.74, 6) is 0. The quantitative estimate of drug-likeness (QED) is 0.503. The summed E-state index contributed by atoms with van der Waals surface area (Å²) >= 11 is 0. The molecule has 0 amide bonds. The predicted octanol–water partition coefficient (Wildman–Crippen LogP) is 3.60. The number of nitrogens with zero attached hydrogens (tertiary/aromatic N) is 1. The summed E-state index contributed by atoms with van der Waals surface area (Å²) in [5.41, 5.74) is 0. The molecule has 0 aromatic carbocycles. The average molecular weight is 490 g/mol. The molecule has 0 N–H and O–H groups in total. The van der Waals surface area contributed by atoms with Crippen LogP contribution in [0, 0.1) is 0 Å².